The van der Waals surface area contributed by atoms with Crippen LogP contribution in [0.5, 0.6) is 5.75 Å². The molecule has 0 bridgehead atoms. The Kier molecular flexibility index (Phi) is 5.29. The van der Waals surface area contributed by atoms with Crippen molar-refractivity contribution in [2.24, 2.45) is 5.92 Å². The first-order chi connectivity index (χ1) is 8.90. The molecule has 1 N–H and O–H groups in total. The van der Waals surface area contributed by atoms with E-state index in [0.29, 0.717) is 12.5 Å². The number of aryl methyl sites for hydroxylation is 1. The largest absolute Gasteiger partial charge is 0.477 e. The number of hydrogen-bond acceptors (Lipinski definition) is 4. The summed E-state index contributed by atoms with van der Waals surface area (Å²) in [6.07, 6.45) is 0. The third-order valence-corrected chi connectivity index (χ3v) is 2.38. The van der Waals surface area contributed by atoms with Crippen molar-refractivity contribution in [3.05, 3.63) is 33.9 Å². The van der Waals surface area contributed by atoms with E-state index in [4.69, 9.17) is 4.74 Å². The third-order valence-electron chi connectivity index (χ3n) is 2.38. The minimum Gasteiger partial charge on any atom is -0.477 e. The van der Waals surface area contributed by atoms with Crippen LogP contribution in [0.2, 0.25) is 0 Å². The van der Waals surface area contributed by atoms with Crippen molar-refractivity contribution in [2.45, 2.75) is 20.8 Å². The number of carbonyl (C=O) groups is 1. The lowest BCUT2D eigenvalue weighted by molar-refractivity contribution is -0.385. The summed E-state index contributed by atoms with van der Waals surface area (Å²) in [4.78, 5) is 21.8. The number of nitro benzene ring substituents is 1. The first kappa shape index (κ1) is 14.9. The Morgan fingerprint density at radius 3 is 2.74 bits per heavy atom. The molecule has 1 aromatic rings. The molecule has 0 aliphatic carbocycles. The van der Waals surface area contributed by atoms with Crippen LogP contribution in [0.1, 0.15) is 19.4 Å². The quantitative estimate of drug-likeness (QED) is 0.631. The second kappa shape index (κ2) is 6.72. The molecule has 19 heavy (non-hydrogen) atoms. The maximum absolute atomic E-state index is 11.5. The van der Waals surface area contributed by atoms with Gasteiger partial charge in [-0.2, -0.15) is 0 Å². The maximum atomic E-state index is 11.5. The maximum Gasteiger partial charge on any atom is 0.310 e. The standard InChI is InChI=1S/C13H18N2O4/c1-9(2)7-14-13(16)8-19-12-6-10(3)4-5-11(12)15(17)18/h4-6,9H,7-8H2,1-3H3,(H,14,16). The number of benzene rings is 1. The zero-order chi connectivity index (χ0) is 14.4. The molecule has 0 aliphatic heterocycles. The van der Waals surface area contributed by atoms with E-state index in [-0.39, 0.29) is 24.0 Å². The van der Waals surface area contributed by atoms with Gasteiger partial charge in [0.1, 0.15) is 0 Å². The fraction of sp³-hybridized carbons (Fsp3) is 0.462. The number of nitrogens with one attached hydrogen (secondary N) is 1. The van der Waals surface area contributed by atoms with Crippen molar-refractivity contribution in [1.29, 1.82) is 0 Å². The first-order valence-electron chi connectivity index (χ1n) is 6.04. The zero-order valence-electron chi connectivity index (χ0n) is 11.3. The normalized spacial score (nSPS) is 10.3. The number of amides is 1. The SMILES string of the molecule is Cc1ccc([N+](=O)[O-])c(OCC(=O)NCC(C)C)c1. The van der Waals surface area contributed by atoms with E-state index in [1.54, 1.807) is 19.1 Å². The highest BCUT2D eigenvalue weighted by Crippen LogP contribution is 2.27. The van der Waals surface area contributed by atoms with Gasteiger partial charge in [0.2, 0.25) is 0 Å². The Bertz CT molecular complexity index is 472. The summed E-state index contributed by atoms with van der Waals surface area (Å²) >= 11 is 0. The lowest BCUT2D eigenvalue weighted by Crippen LogP contribution is -2.31. The lowest BCUT2D eigenvalue weighted by atomic mass is 10.2. The topological polar surface area (TPSA) is 81.5 Å². The summed E-state index contributed by atoms with van der Waals surface area (Å²) in [5.41, 5.74) is 0.699. The van der Waals surface area contributed by atoms with Crippen LogP contribution in [0.3, 0.4) is 0 Å². The molecule has 0 aliphatic rings. The lowest BCUT2D eigenvalue weighted by Gasteiger charge is -2.09. The molecule has 0 heterocycles. The number of carbonyl (C=O) groups excluding carboxylic acids is 1. The number of hydrogen-bond donors (Lipinski definition) is 1. The van der Waals surface area contributed by atoms with Crippen molar-refractivity contribution in [3.8, 4) is 5.75 Å². The van der Waals surface area contributed by atoms with Crippen LogP contribution in [-0.4, -0.2) is 24.0 Å². The van der Waals surface area contributed by atoms with E-state index in [9.17, 15) is 14.9 Å². The monoisotopic (exact) mass is 266 g/mol. The predicted molar refractivity (Wildman–Crippen MR) is 71.2 cm³/mol. The van der Waals surface area contributed by atoms with Crippen LogP contribution in [0, 0.1) is 23.0 Å². The van der Waals surface area contributed by atoms with Gasteiger partial charge in [-0.15, -0.1) is 0 Å². The van der Waals surface area contributed by atoms with Crippen molar-refractivity contribution >= 4 is 11.6 Å². The average molecular weight is 266 g/mol. The van der Waals surface area contributed by atoms with Gasteiger partial charge in [0.15, 0.2) is 12.4 Å². The molecule has 0 unspecified atom stereocenters. The highest BCUT2D eigenvalue weighted by atomic mass is 16.6. The van der Waals surface area contributed by atoms with Gasteiger partial charge in [0, 0.05) is 12.6 Å². The first-order valence-corrected chi connectivity index (χ1v) is 6.04. The average Bonchev–Trinajstić information content (AvgIpc) is 2.33. The van der Waals surface area contributed by atoms with E-state index < -0.39 is 4.92 Å². The Balaban J connectivity index is 2.64. The van der Waals surface area contributed by atoms with E-state index in [1.807, 2.05) is 13.8 Å². The zero-order valence-corrected chi connectivity index (χ0v) is 11.3. The molecule has 6 nitrogen and oxygen atoms in total. The summed E-state index contributed by atoms with van der Waals surface area (Å²) < 4.78 is 5.22. The number of nitrogens with zero attached hydrogens (tertiary/aromatic N) is 1. The molecule has 0 atom stereocenters. The minimum absolute atomic E-state index is 0.115. The van der Waals surface area contributed by atoms with Crippen molar-refractivity contribution in [2.75, 3.05) is 13.2 Å². The molecular weight excluding hydrogens is 248 g/mol. The summed E-state index contributed by atoms with van der Waals surface area (Å²) in [7, 11) is 0. The Labute approximate surface area is 111 Å². The number of rotatable bonds is 6. The minimum atomic E-state index is -0.527. The molecule has 0 spiro atoms. The van der Waals surface area contributed by atoms with Crippen molar-refractivity contribution < 1.29 is 14.5 Å². The van der Waals surface area contributed by atoms with Gasteiger partial charge in [0.25, 0.3) is 5.91 Å². The smallest absolute Gasteiger partial charge is 0.310 e. The summed E-state index contributed by atoms with van der Waals surface area (Å²) in [6, 6.07) is 4.55. The van der Waals surface area contributed by atoms with Crippen LogP contribution in [0.15, 0.2) is 18.2 Å². The van der Waals surface area contributed by atoms with Gasteiger partial charge in [-0.3, -0.25) is 14.9 Å². The fourth-order valence-electron chi connectivity index (χ4n) is 1.40. The fourth-order valence-corrected chi connectivity index (χ4v) is 1.40. The Hall–Kier alpha value is -2.11. The van der Waals surface area contributed by atoms with Gasteiger partial charge in [0.05, 0.1) is 4.92 Å². The van der Waals surface area contributed by atoms with Crippen LogP contribution < -0.4 is 10.1 Å². The number of nitro groups is 1. The molecule has 0 radical (unpaired) electrons. The van der Waals surface area contributed by atoms with Crippen molar-refractivity contribution in [1.82, 2.24) is 5.32 Å². The van der Waals surface area contributed by atoms with Gasteiger partial charge in [-0.25, -0.2) is 0 Å². The second-order valence-corrected chi connectivity index (χ2v) is 4.71. The molecule has 1 aromatic carbocycles. The molecule has 0 fully saturated rings. The van der Waals surface area contributed by atoms with Gasteiger partial charge in [-0.1, -0.05) is 19.9 Å². The van der Waals surface area contributed by atoms with Crippen molar-refractivity contribution in [3.63, 3.8) is 0 Å². The summed E-state index contributed by atoms with van der Waals surface area (Å²) in [6.45, 7) is 6.09. The molecular formula is C13H18N2O4. The van der Waals surface area contributed by atoms with Crippen LogP contribution in [0.4, 0.5) is 5.69 Å². The van der Waals surface area contributed by atoms with Crippen LogP contribution >= 0.6 is 0 Å². The highest BCUT2D eigenvalue weighted by Gasteiger charge is 2.16. The third kappa shape index (κ3) is 4.95. The van der Waals surface area contributed by atoms with Gasteiger partial charge >= 0.3 is 5.69 Å². The van der Waals surface area contributed by atoms with E-state index in [1.165, 1.54) is 6.07 Å². The highest BCUT2D eigenvalue weighted by molar-refractivity contribution is 5.77. The molecule has 6 heteroatoms. The Morgan fingerprint density at radius 2 is 2.16 bits per heavy atom. The molecule has 1 amide bonds. The second-order valence-electron chi connectivity index (χ2n) is 4.71. The molecule has 0 saturated carbocycles. The van der Waals surface area contributed by atoms with E-state index in [0.717, 1.165) is 5.56 Å². The van der Waals surface area contributed by atoms with E-state index >= 15 is 0 Å². The van der Waals surface area contributed by atoms with E-state index in [2.05, 4.69) is 5.32 Å². The summed E-state index contributed by atoms with van der Waals surface area (Å²) in [5, 5.41) is 13.5. The van der Waals surface area contributed by atoms with Gasteiger partial charge in [-0.05, 0) is 24.5 Å². The molecule has 1 rings (SSSR count). The predicted octanol–water partition coefficient (Wildman–Crippen LogP) is 2.05. The number of ether oxygens (including phenoxy) is 1. The molecule has 104 valence electrons. The van der Waals surface area contributed by atoms with Gasteiger partial charge < -0.3 is 10.1 Å². The summed E-state index contributed by atoms with van der Waals surface area (Å²) in [5.74, 6) is 0.173. The van der Waals surface area contributed by atoms with Crippen LogP contribution in [-0.2, 0) is 4.79 Å². The molecule has 0 aromatic heterocycles. The Morgan fingerprint density at radius 1 is 1.47 bits per heavy atom. The van der Waals surface area contributed by atoms with Crippen LogP contribution in [0.25, 0.3) is 0 Å². The molecule has 0 saturated heterocycles.